The van der Waals surface area contributed by atoms with Gasteiger partial charge in [-0.3, -0.25) is 14.4 Å². The lowest BCUT2D eigenvalue weighted by Gasteiger charge is -2.32. The van der Waals surface area contributed by atoms with Crippen molar-refractivity contribution in [3.63, 3.8) is 0 Å². The van der Waals surface area contributed by atoms with E-state index in [0.29, 0.717) is 34.8 Å². The van der Waals surface area contributed by atoms with Gasteiger partial charge in [-0.25, -0.2) is 0 Å². The van der Waals surface area contributed by atoms with Crippen molar-refractivity contribution in [2.45, 2.75) is 56.8 Å². The Morgan fingerprint density at radius 3 is 2.31 bits per heavy atom. The van der Waals surface area contributed by atoms with Crippen LogP contribution >= 0.6 is 0 Å². The topological polar surface area (TPSA) is 129 Å². The minimum Gasteiger partial charge on any atom is -0.497 e. The number of carbonyl (C=O) groups excluding carboxylic acids is 3. The third-order valence-corrected chi connectivity index (χ3v) is 12.6. The van der Waals surface area contributed by atoms with E-state index in [-0.39, 0.29) is 43.8 Å². The zero-order valence-electron chi connectivity index (χ0n) is 29.4. The summed E-state index contributed by atoms with van der Waals surface area (Å²) in [5.41, 5.74) is 2.18. The highest BCUT2D eigenvalue weighted by molar-refractivity contribution is 6.71. The number of ether oxygens (including phenoxy) is 2. The van der Waals surface area contributed by atoms with Crippen molar-refractivity contribution in [2.75, 3.05) is 30.5 Å². The van der Waals surface area contributed by atoms with Crippen LogP contribution in [0.25, 0.3) is 0 Å². The molecule has 4 atom stereocenters. The Hall–Kier alpha value is -4.81. The van der Waals surface area contributed by atoms with Crippen LogP contribution in [0.1, 0.15) is 40.4 Å². The van der Waals surface area contributed by atoms with Gasteiger partial charge in [-0.05, 0) is 66.7 Å². The fourth-order valence-electron chi connectivity index (χ4n) is 7.78. The second-order valence-electron chi connectivity index (χ2n) is 13.9. The molecule has 0 saturated carbocycles. The number of carbonyl (C=O) groups is 3. The number of hydrogen-bond donors (Lipinski definition) is 3. The quantitative estimate of drug-likeness (QED) is 0.161. The summed E-state index contributed by atoms with van der Waals surface area (Å²) in [5.74, 6) is -0.682. The minimum absolute atomic E-state index is 0.0592. The highest BCUT2D eigenvalue weighted by Crippen LogP contribution is 2.60. The lowest BCUT2D eigenvalue weighted by atomic mass is 9.82. The lowest BCUT2D eigenvalue weighted by molar-refractivity contribution is -0.150. The summed E-state index contributed by atoms with van der Waals surface area (Å²) in [4.78, 5) is 56.7. The summed E-state index contributed by atoms with van der Waals surface area (Å²) in [5, 5.41) is 12.8. The number of methoxy groups -OCH3 is 1. The fourth-order valence-corrected chi connectivity index (χ4v) is 10.3. The molecular formula is C40H45N3O7Si. The van der Waals surface area contributed by atoms with Gasteiger partial charge < -0.3 is 34.5 Å². The van der Waals surface area contributed by atoms with Gasteiger partial charge in [0.25, 0.3) is 11.8 Å². The van der Waals surface area contributed by atoms with Crippen LogP contribution in [-0.4, -0.2) is 67.2 Å². The van der Waals surface area contributed by atoms with Gasteiger partial charge in [0.15, 0.2) is 13.9 Å². The monoisotopic (exact) mass is 707 g/mol. The van der Waals surface area contributed by atoms with E-state index in [1.807, 2.05) is 86.7 Å². The predicted octanol–water partition coefficient (Wildman–Crippen LogP) is 5.70. The number of benzene rings is 4. The number of aliphatic hydroxyl groups is 1. The van der Waals surface area contributed by atoms with Crippen molar-refractivity contribution in [1.82, 2.24) is 4.90 Å². The highest BCUT2D eigenvalue weighted by atomic mass is 28.4. The fraction of sp³-hybridized carbons (Fsp3) is 0.325. The molecule has 51 heavy (non-hydrogen) atoms. The van der Waals surface area contributed by atoms with Gasteiger partial charge in [-0.15, -0.1) is 0 Å². The zero-order valence-corrected chi connectivity index (χ0v) is 30.4. The first-order valence-corrected chi connectivity index (χ1v) is 20.3. The van der Waals surface area contributed by atoms with Crippen molar-refractivity contribution in [3.05, 3.63) is 125 Å². The third-order valence-electron chi connectivity index (χ3n) is 10.1. The maximum atomic E-state index is 14.9. The number of amides is 3. The van der Waals surface area contributed by atoms with Crippen LogP contribution in [0.4, 0.5) is 11.4 Å². The van der Waals surface area contributed by atoms with E-state index in [0.717, 1.165) is 11.1 Å². The van der Waals surface area contributed by atoms with E-state index in [1.165, 1.54) is 0 Å². The molecule has 11 heteroatoms. The second-order valence-corrected chi connectivity index (χ2v) is 17.9. The number of nitrogens with one attached hydrogen (secondary N) is 1. The van der Waals surface area contributed by atoms with E-state index >= 15 is 0 Å². The minimum atomic E-state index is -3.05. The van der Waals surface area contributed by atoms with E-state index in [2.05, 4.69) is 5.32 Å². The van der Waals surface area contributed by atoms with Crippen molar-refractivity contribution in [1.29, 1.82) is 0 Å². The molecule has 2 aliphatic heterocycles. The van der Waals surface area contributed by atoms with Crippen LogP contribution in [0.5, 0.6) is 5.75 Å². The molecule has 2 heterocycles. The number of aliphatic hydroxyl groups excluding tert-OH is 1. The molecule has 1 fully saturated rings. The second kappa shape index (κ2) is 14.8. The average Bonchev–Trinajstić information content (AvgIpc) is 3.54. The molecule has 10 nitrogen and oxygen atoms in total. The average molecular weight is 708 g/mol. The largest absolute Gasteiger partial charge is 0.497 e. The van der Waals surface area contributed by atoms with Crippen molar-refractivity contribution in [2.24, 2.45) is 5.92 Å². The smallest absolute Gasteiger partial charge is 0.264 e. The van der Waals surface area contributed by atoms with E-state index in [1.54, 1.807) is 53.3 Å². The maximum absolute atomic E-state index is 14.9. The molecule has 0 radical (unpaired) electrons. The van der Waals surface area contributed by atoms with Crippen LogP contribution in [-0.2, 0) is 33.0 Å². The van der Waals surface area contributed by atoms with Crippen molar-refractivity contribution >= 4 is 37.4 Å². The normalized spacial score (nSPS) is 21.1. The van der Waals surface area contributed by atoms with E-state index in [4.69, 9.17) is 9.47 Å². The van der Waals surface area contributed by atoms with Gasteiger partial charge in [0, 0.05) is 41.4 Å². The first-order valence-electron chi connectivity index (χ1n) is 17.2. The molecule has 0 aliphatic carbocycles. The van der Waals surface area contributed by atoms with Crippen LogP contribution in [0.15, 0.2) is 103 Å². The molecule has 0 aromatic heterocycles. The number of fused-ring (bicyclic) bond motifs is 2. The molecule has 0 bridgehead atoms. The molecule has 6 rings (SSSR count). The van der Waals surface area contributed by atoms with Gasteiger partial charge in [-0.1, -0.05) is 67.6 Å². The molecule has 4 aromatic carbocycles. The Balaban J connectivity index is 1.32. The first kappa shape index (κ1) is 36.0. The molecule has 266 valence electrons. The standard InChI is InChI=1S/C40H45N3O7Si/c1-27-37(51(3,4)48)35(24-36(45)42(20-21-44)25-28-12-7-5-8-13-28)50-40(27)33-23-32(49-2)18-19-34(33)43(39(40)47)26-29-14-11-17-31(22-29)41-38(46)30-15-9-6-10-16-30/h5-19,22-23,27,35,37,44,48H,20-21,24-26H2,1-4H3,(H,41,46)/t27-,35+,37-,40+/m1/s1. The maximum Gasteiger partial charge on any atom is 0.264 e. The summed E-state index contributed by atoms with van der Waals surface area (Å²) in [6.45, 7) is 6.02. The first-order chi connectivity index (χ1) is 24.5. The molecule has 3 amide bonds. The van der Waals surface area contributed by atoms with Crippen LogP contribution in [0.3, 0.4) is 0 Å². The zero-order chi connectivity index (χ0) is 36.3. The number of anilines is 2. The SMILES string of the molecule is COc1ccc2c(c1)[C@]1(O[C@@H](CC(=O)N(CCO)Cc3ccccc3)[C@H]([Si](C)(C)O)[C@H]1C)C(=O)N2Cc1cccc(NC(=O)c2ccccc2)c1. The highest BCUT2D eigenvalue weighted by Gasteiger charge is 2.66. The molecule has 1 saturated heterocycles. The molecule has 3 N–H and O–H groups in total. The number of nitrogens with zero attached hydrogens (tertiary/aromatic N) is 2. The summed E-state index contributed by atoms with van der Waals surface area (Å²) < 4.78 is 12.5. The van der Waals surface area contributed by atoms with E-state index in [9.17, 15) is 24.3 Å². The summed E-state index contributed by atoms with van der Waals surface area (Å²) in [7, 11) is -1.48. The molecule has 4 aromatic rings. The van der Waals surface area contributed by atoms with Gasteiger partial charge in [0.05, 0.1) is 38.5 Å². The van der Waals surface area contributed by atoms with Gasteiger partial charge in [0.1, 0.15) is 5.75 Å². The predicted molar refractivity (Wildman–Crippen MR) is 198 cm³/mol. The number of hydrogen-bond acceptors (Lipinski definition) is 7. The summed E-state index contributed by atoms with van der Waals surface area (Å²) in [6.07, 6.45) is -0.813. The summed E-state index contributed by atoms with van der Waals surface area (Å²) in [6, 6.07) is 31.4. The van der Waals surface area contributed by atoms with Gasteiger partial charge >= 0.3 is 0 Å². The Kier molecular flexibility index (Phi) is 10.5. The molecular weight excluding hydrogens is 663 g/mol. The summed E-state index contributed by atoms with van der Waals surface area (Å²) >= 11 is 0. The Morgan fingerprint density at radius 2 is 1.65 bits per heavy atom. The van der Waals surface area contributed by atoms with Crippen molar-refractivity contribution in [3.8, 4) is 5.75 Å². The number of rotatable bonds is 12. The Morgan fingerprint density at radius 1 is 0.961 bits per heavy atom. The van der Waals surface area contributed by atoms with Gasteiger partial charge in [0.2, 0.25) is 5.91 Å². The van der Waals surface area contributed by atoms with Crippen LogP contribution in [0.2, 0.25) is 18.6 Å². The van der Waals surface area contributed by atoms with Crippen LogP contribution in [0, 0.1) is 5.92 Å². The van der Waals surface area contributed by atoms with Crippen molar-refractivity contribution < 1.29 is 33.8 Å². The van der Waals surface area contributed by atoms with Gasteiger partial charge in [-0.2, -0.15) is 0 Å². The van der Waals surface area contributed by atoms with E-state index < -0.39 is 31.5 Å². The van der Waals surface area contributed by atoms with Crippen LogP contribution < -0.4 is 15.0 Å². The lowest BCUT2D eigenvalue weighted by Crippen LogP contribution is -2.46. The Bertz CT molecular complexity index is 1880. The molecule has 2 aliphatic rings. The Labute approximate surface area is 299 Å². The molecule has 0 unspecified atom stereocenters. The third kappa shape index (κ3) is 7.20. The molecule has 1 spiro atoms.